The number of hydrogen-bond donors (Lipinski definition) is 4. The molecule has 0 amide bonds. The third kappa shape index (κ3) is 13.8. The van der Waals surface area contributed by atoms with Crippen molar-refractivity contribution in [2.24, 2.45) is 0 Å². The molecule has 0 saturated carbocycles. The number of phenols is 1. The maximum absolute atomic E-state index is 12.8. The second-order valence-electron chi connectivity index (χ2n) is 10.3. The maximum Gasteiger partial charge on any atom is 0.333 e. The van der Waals surface area contributed by atoms with Crippen molar-refractivity contribution in [3.63, 3.8) is 0 Å². The average molecular weight is 653 g/mol. The number of aliphatic hydroxyl groups is 3. The summed E-state index contributed by atoms with van der Waals surface area (Å²) in [5.74, 6) is -1.22. The zero-order valence-electron chi connectivity index (χ0n) is 26.5. The van der Waals surface area contributed by atoms with Crippen molar-refractivity contribution in [3.8, 4) is 17.2 Å². The average Bonchev–Trinajstić information content (AvgIpc) is 3.05. The fourth-order valence-corrected chi connectivity index (χ4v) is 3.51. The highest BCUT2D eigenvalue weighted by atomic mass is 16.6. The number of allylic oxidation sites excluding steroid dienone is 3. The molecule has 2 unspecified atom stereocenters. The van der Waals surface area contributed by atoms with Crippen LogP contribution in [0, 0.1) is 0 Å². The summed E-state index contributed by atoms with van der Waals surface area (Å²) in [4.78, 5) is 35.9. The fourth-order valence-electron chi connectivity index (χ4n) is 3.51. The van der Waals surface area contributed by atoms with Crippen LogP contribution in [0.4, 0.5) is 0 Å². The Labute approximate surface area is 273 Å². The van der Waals surface area contributed by atoms with E-state index in [9.17, 15) is 34.8 Å². The first-order chi connectivity index (χ1) is 22.3. The number of aliphatic hydroxyl groups excluding tert-OH is 3. The summed E-state index contributed by atoms with van der Waals surface area (Å²) in [5, 5.41) is 40.0. The molecule has 0 radical (unpaired) electrons. The van der Waals surface area contributed by atoms with E-state index in [-0.39, 0.29) is 54.8 Å². The van der Waals surface area contributed by atoms with Crippen molar-refractivity contribution in [2.75, 3.05) is 33.5 Å². The first kappa shape index (κ1) is 38.0. The molecule has 12 heteroatoms. The van der Waals surface area contributed by atoms with E-state index >= 15 is 0 Å². The highest BCUT2D eigenvalue weighted by molar-refractivity contribution is 6.02. The summed E-state index contributed by atoms with van der Waals surface area (Å²) < 4.78 is 26.2. The molecule has 12 nitrogen and oxygen atoms in total. The molecule has 0 bridgehead atoms. The van der Waals surface area contributed by atoms with Crippen molar-refractivity contribution in [3.05, 3.63) is 101 Å². The van der Waals surface area contributed by atoms with Crippen molar-refractivity contribution in [1.29, 1.82) is 0 Å². The summed E-state index contributed by atoms with van der Waals surface area (Å²) >= 11 is 0. The van der Waals surface area contributed by atoms with Gasteiger partial charge in [0, 0.05) is 22.8 Å². The normalized spacial score (nSPS) is 12.8. The van der Waals surface area contributed by atoms with Crippen molar-refractivity contribution >= 4 is 29.9 Å². The molecule has 0 aliphatic rings. The van der Waals surface area contributed by atoms with Gasteiger partial charge < -0.3 is 44.1 Å². The standard InChI is InChI=1S/C35H40O12/c1-22(2)34(41)46-20-28(38)18-44-30(16-27(37)10-6-25-8-12-31(40)33(15-25)43-5)11-7-24-9-13-32(26(14-24)17-36)45-19-29(39)21-47-35(42)23(3)4/h6-16,28-29,36,38-40H,1,3,17-21H2,2,4-5H3/b10-6+,11-7+,30-16-. The Kier molecular flexibility index (Phi) is 15.7. The third-order valence-corrected chi connectivity index (χ3v) is 6.01. The number of ketones is 1. The molecule has 2 atom stereocenters. The Balaban J connectivity index is 2.19. The van der Waals surface area contributed by atoms with E-state index in [2.05, 4.69) is 13.2 Å². The topological polar surface area (TPSA) is 178 Å². The van der Waals surface area contributed by atoms with Gasteiger partial charge in [-0.25, -0.2) is 9.59 Å². The number of benzene rings is 2. The van der Waals surface area contributed by atoms with Gasteiger partial charge in [-0.15, -0.1) is 0 Å². The number of aromatic hydroxyl groups is 1. The third-order valence-electron chi connectivity index (χ3n) is 6.01. The second kappa shape index (κ2) is 19.4. The number of hydrogen-bond acceptors (Lipinski definition) is 12. The van der Waals surface area contributed by atoms with Crippen LogP contribution in [0.1, 0.15) is 30.5 Å². The highest BCUT2D eigenvalue weighted by Crippen LogP contribution is 2.27. The lowest BCUT2D eigenvalue weighted by molar-refractivity contribution is -0.143. The molecule has 0 saturated heterocycles. The predicted molar refractivity (Wildman–Crippen MR) is 173 cm³/mol. The molecule has 252 valence electrons. The Morgan fingerprint density at radius 2 is 1.34 bits per heavy atom. The molecule has 0 spiro atoms. The van der Waals surface area contributed by atoms with Crippen LogP contribution in [0.25, 0.3) is 12.2 Å². The van der Waals surface area contributed by atoms with Gasteiger partial charge in [-0.05, 0) is 61.4 Å². The smallest absolute Gasteiger partial charge is 0.333 e. The number of phenolic OH excluding ortho intramolecular Hbond substituents is 1. The minimum atomic E-state index is -1.21. The first-order valence-corrected chi connectivity index (χ1v) is 14.3. The number of esters is 2. The molecule has 2 rings (SSSR count). The van der Waals surface area contributed by atoms with Gasteiger partial charge in [0.25, 0.3) is 0 Å². The van der Waals surface area contributed by atoms with Gasteiger partial charge in [-0.2, -0.15) is 0 Å². The summed E-state index contributed by atoms with van der Waals surface area (Å²) in [5.41, 5.74) is 1.94. The van der Waals surface area contributed by atoms with Gasteiger partial charge in [0.1, 0.15) is 50.1 Å². The monoisotopic (exact) mass is 652 g/mol. The Morgan fingerprint density at radius 3 is 1.94 bits per heavy atom. The minimum absolute atomic E-state index is 0.0488. The van der Waals surface area contributed by atoms with Gasteiger partial charge in [-0.1, -0.05) is 37.4 Å². The van der Waals surface area contributed by atoms with Crippen molar-refractivity contribution in [1.82, 2.24) is 0 Å². The van der Waals surface area contributed by atoms with Crippen molar-refractivity contribution < 1.29 is 58.5 Å². The second-order valence-corrected chi connectivity index (χ2v) is 10.3. The Bertz CT molecular complexity index is 1520. The van der Waals surface area contributed by atoms with E-state index in [1.807, 2.05) is 0 Å². The molecule has 0 heterocycles. The predicted octanol–water partition coefficient (Wildman–Crippen LogP) is 3.43. The minimum Gasteiger partial charge on any atom is -0.504 e. The zero-order valence-corrected chi connectivity index (χ0v) is 26.5. The van der Waals surface area contributed by atoms with Gasteiger partial charge >= 0.3 is 11.9 Å². The van der Waals surface area contributed by atoms with Gasteiger partial charge in [0.05, 0.1) is 13.7 Å². The molecule has 0 aliphatic heterocycles. The van der Waals surface area contributed by atoms with Crippen LogP contribution in [0.5, 0.6) is 17.2 Å². The number of carbonyl (C=O) groups is 3. The molecular formula is C35H40O12. The molecule has 0 aromatic heterocycles. The quantitative estimate of drug-likeness (QED) is 0.0753. The molecule has 4 N–H and O–H groups in total. The number of methoxy groups -OCH3 is 1. The number of carbonyl (C=O) groups excluding carboxylic acids is 3. The largest absolute Gasteiger partial charge is 0.504 e. The van der Waals surface area contributed by atoms with E-state index in [4.69, 9.17) is 23.7 Å². The SMILES string of the molecule is C=C(C)C(=O)OCC(O)COC(=C\C(=O)/C=C/c1ccc(O)c(OC)c1)/C=C/c1ccc(OCC(O)COC(=O)C(=C)C)c(CO)c1. The summed E-state index contributed by atoms with van der Waals surface area (Å²) in [6.45, 7) is 8.34. The Morgan fingerprint density at radius 1 is 0.787 bits per heavy atom. The Hall–Kier alpha value is -5.17. The van der Waals surface area contributed by atoms with Gasteiger partial charge in [-0.3, -0.25) is 4.79 Å². The molecular weight excluding hydrogens is 612 g/mol. The highest BCUT2D eigenvalue weighted by Gasteiger charge is 2.13. The van der Waals surface area contributed by atoms with Crippen LogP contribution in [-0.2, 0) is 35.2 Å². The van der Waals surface area contributed by atoms with E-state index in [0.29, 0.717) is 22.4 Å². The lowest BCUT2D eigenvalue weighted by Crippen LogP contribution is -2.25. The van der Waals surface area contributed by atoms with Gasteiger partial charge in [0.15, 0.2) is 17.3 Å². The molecule has 0 aliphatic carbocycles. The lowest BCUT2D eigenvalue weighted by Gasteiger charge is -2.15. The first-order valence-electron chi connectivity index (χ1n) is 14.3. The lowest BCUT2D eigenvalue weighted by atomic mass is 10.1. The molecule has 2 aromatic carbocycles. The van der Waals surface area contributed by atoms with E-state index in [1.165, 1.54) is 51.3 Å². The number of ether oxygens (including phenoxy) is 5. The fraction of sp³-hybridized carbons (Fsp3) is 0.286. The summed E-state index contributed by atoms with van der Waals surface area (Å²) in [6, 6.07) is 9.41. The van der Waals surface area contributed by atoms with E-state index in [1.54, 1.807) is 36.4 Å². The molecule has 2 aromatic rings. The van der Waals surface area contributed by atoms with Crippen LogP contribution >= 0.6 is 0 Å². The van der Waals surface area contributed by atoms with Crippen LogP contribution in [0.15, 0.2) is 84.7 Å². The van der Waals surface area contributed by atoms with Gasteiger partial charge in [0.2, 0.25) is 0 Å². The summed E-state index contributed by atoms with van der Waals surface area (Å²) in [7, 11) is 1.40. The van der Waals surface area contributed by atoms with Crippen LogP contribution in [0.2, 0.25) is 0 Å². The van der Waals surface area contributed by atoms with E-state index in [0.717, 1.165) is 0 Å². The van der Waals surface area contributed by atoms with Crippen LogP contribution < -0.4 is 9.47 Å². The summed E-state index contributed by atoms with van der Waals surface area (Å²) in [6.07, 6.45) is 4.72. The van der Waals surface area contributed by atoms with Crippen LogP contribution in [-0.4, -0.2) is 83.9 Å². The maximum atomic E-state index is 12.8. The molecule has 47 heavy (non-hydrogen) atoms. The molecule has 0 fully saturated rings. The van der Waals surface area contributed by atoms with Crippen LogP contribution in [0.3, 0.4) is 0 Å². The number of rotatable bonds is 19. The zero-order chi connectivity index (χ0) is 34.9. The van der Waals surface area contributed by atoms with E-state index < -0.39 is 36.5 Å². The van der Waals surface area contributed by atoms with Crippen molar-refractivity contribution in [2.45, 2.75) is 32.7 Å².